The van der Waals surface area contributed by atoms with Crippen molar-refractivity contribution in [1.82, 2.24) is 5.32 Å². The molecule has 1 unspecified atom stereocenters. The van der Waals surface area contributed by atoms with E-state index in [-0.39, 0.29) is 18.2 Å². The van der Waals surface area contributed by atoms with Crippen molar-refractivity contribution >= 4 is 11.8 Å². The van der Waals surface area contributed by atoms with Crippen molar-refractivity contribution in [2.75, 3.05) is 6.54 Å². The lowest BCUT2D eigenvalue weighted by Crippen LogP contribution is -2.29. The summed E-state index contributed by atoms with van der Waals surface area (Å²) in [6.07, 6.45) is 0.184. The minimum absolute atomic E-state index is 0.126. The Morgan fingerprint density at radius 1 is 1.55 bits per heavy atom. The lowest BCUT2D eigenvalue weighted by atomic mass is 10.1. The highest BCUT2D eigenvalue weighted by Crippen LogP contribution is 1.98. The van der Waals surface area contributed by atoms with Crippen LogP contribution in [0.2, 0.25) is 0 Å². The molecule has 0 saturated heterocycles. The fourth-order valence-electron chi connectivity index (χ4n) is 0.648. The van der Waals surface area contributed by atoms with Crippen LogP contribution >= 0.6 is 0 Å². The normalized spacial score (nSPS) is 12.2. The first-order valence-corrected chi connectivity index (χ1v) is 3.64. The molecule has 0 heterocycles. The lowest BCUT2D eigenvalue weighted by Gasteiger charge is -2.05. The number of hydrogen-bond acceptors (Lipinski definition) is 2. The highest BCUT2D eigenvalue weighted by molar-refractivity contribution is 5.84. The molecule has 0 bridgehead atoms. The van der Waals surface area contributed by atoms with Gasteiger partial charge in [0.2, 0.25) is 11.8 Å². The van der Waals surface area contributed by atoms with Crippen molar-refractivity contribution < 1.29 is 9.59 Å². The summed E-state index contributed by atoms with van der Waals surface area (Å²) in [5.74, 6) is -0.934. The Bertz CT molecular complexity index is 157. The van der Waals surface area contributed by atoms with Crippen LogP contribution in [0.15, 0.2) is 0 Å². The molecule has 0 aromatic carbocycles. The third-order valence-corrected chi connectivity index (χ3v) is 1.35. The Morgan fingerprint density at radius 3 is 2.45 bits per heavy atom. The van der Waals surface area contributed by atoms with Crippen LogP contribution in [0, 0.1) is 5.92 Å². The average molecular weight is 158 g/mol. The molecule has 0 aliphatic carbocycles. The second-order valence-corrected chi connectivity index (χ2v) is 2.46. The van der Waals surface area contributed by atoms with E-state index in [1.165, 1.54) is 0 Å². The first kappa shape index (κ1) is 9.94. The zero-order chi connectivity index (χ0) is 8.85. The molecule has 3 N–H and O–H groups in total. The number of amides is 2. The molecule has 0 aromatic rings. The van der Waals surface area contributed by atoms with Gasteiger partial charge in [0, 0.05) is 18.9 Å². The molecule has 2 amide bonds. The van der Waals surface area contributed by atoms with E-state index >= 15 is 0 Å². The summed E-state index contributed by atoms with van der Waals surface area (Å²) in [7, 11) is 0. The van der Waals surface area contributed by atoms with Gasteiger partial charge < -0.3 is 11.1 Å². The van der Waals surface area contributed by atoms with Crippen molar-refractivity contribution in [3.63, 3.8) is 0 Å². The number of nitrogens with one attached hydrogen (secondary N) is 1. The van der Waals surface area contributed by atoms with Crippen LogP contribution in [0.5, 0.6) is 0 Å². The standard InChI is InChI=1S/C7H14N2O2/c1-3-9-6(10)4-5(2)7(8)11/h5H,3-4H2,1-2H3,(H2,8,11)(H,9,10). The molecular weight excluding hydrogens is 144 g/mol. The van der Waals surface area contributed by atoms with Crippen LogP contribution in [0.1, 0.15) is 20.3 Å². The molecule has 4 nitrogen and oxygen atoms in total. The second kappa shape index (κ2) is 4.71. The minimum atomic E-state index is -0.434. The number of carbonyl (C=O) groups excluding carboxylic acids is 2. The van der Waals surface area contributed by atoms with Crippen molar-refractivity contribution in [2.24, 2.45) is 11.7 Å². The zero-order valence-corrected chi connectivity index (χ0v) is 6.89. The van der Waals surface area contributed by atoms with E-state index in [2.05, 4.69) is 5.32 Å². The molecule has 0 saturated carbocycles. The van der Waals surface area contributed by atoms with Crippen LogP contribution in [0.4, 0.5) is 0 Å². The average Bonchev–Trinajstić information content (AvgIpc) is 1.87. The molecule has 0 spiro atoms. The fraction of sp³-hybridized carbons (Fsp3) is 0.714. The van der Waals surface area contributed by atoms with Gasteiger partial charge in [0.15, 0.2) is 0 Å². The van der Waals surface area contributed by atoms with Crippen molar-refractivity contribution in [3.05, 3.63) is 0 Å². The Balaban J connectivity index is 3.66. The predicted molar refractivity (Wildman–Crippen MR) is 41.7 cm³/mol. The molecule has 0 aromatic heterocycles. The quantitative estimate of drug-likeness (QED) is 0.586. The second-order valence-electron chi connectivity index (χ2n) is 2.46. The molecule has 0 fully saturated rings. The van der Waals surface area contributed by atoms with Gasteiger partial charge in [-0.3, -0.25) is 9.59 Å². The van der Waals surface area contributed by atoms with E-state index in [0.29, 0.717) is 6.54 Å². The van der Waals surface area contributed by atoms with Crippen LogP contribution in [-0.4, -0.2) is 18.4 Å². The maximum absolute atomic E-state index is 10.8. The predicted octanol–water partition coefficient (Wildman–Crippen LogP) is -0.366. The molecule has 11 heavy (non-hydrogen) atoms. The molecule has 0 aliphatic heterocycles. The van der Waals surface area contributed by atoms with E-state index < -0.39 is 5.91 Å². The maximum Gasteiger partial charge on any atom is 0.220 e. The van der Waals surface area contributed by atoms with E-state index in [4.69, 9.17) is 5.73 Å². The SMILES string of the molecule is CCNC(=O)CC(C)C(N)=O. The first-order chi connectivity index (χ1) is 5.07. The molecule has 64 valence electrons. The van der Waals surface area contributed by atoms with Gasteiger partial charge in [-0.2, -0.15) is 0 Å². The highest BCUT2D eigenvalue weighted by atomic mass is 16.2. The number of carbonyl (C=O) groups is 2. The van der Waals surface area contributed by atoms with Gasteiger partial charge in [-0.15, -0.1) is 0 Å². The third-order valence-electron chi connectivity index (χ3n) is 1.35. The van der Waals surface area contributed by atoms with E-state index in [1.54, 1.807) is 6.92 Å². The van der Waals surface area contributed by atoms with Crippen molar-refractivity contribution in [1.29, 1.82) is 0 Å². The summed E-state index contributed by atoms with van der Waals surface area (Å²) in [6, 6.07) is 0. The Kier molecular flexibility index (Phi) is 4.26. The molecular formula is C7H14N2O2. The van der Waals surface area contributed by atoms with Gasteiger partial charge in [0.25, 0.3) is 0 Å². The minimum Gasteiger partial charge on any atom is -0.369 e. The zero-order valence-electron chi connectivity index (χ0n) is 6.89. The number of nitrogens with two attached hydrogens (primary N) is 1. The Hall–Kier alpha value is -1.06. The van der Waals surface area contributed by atoms with Gasteiger partial charge in [-0.25, -0.2) is 0 Å². The summed E-state index contributed by atoms with van der Waals surface area (Å²) < 4.78 is 0. The summed E-state index contributed by atoms with van der Waals surface area (Å²) in [5.41, 5.74) is 4.96. The van der Waals surface area contributed by atoms with Gasteiger partial charge in [0.1, 0.15) is 0 Å². The van der Waals surface area contributed by atoms with Crippen LogP contribution in [0.25, 0.3) is 0 Å². The summed E-state index contributed by atoms with van der Waals surface area (Å²) in [4.78, 5) is 21.3. The van der Waals surface area contributed by atoms with E-state index in [1.807, 2.05) is 6.92 Å². The maximum atomic E-state index is 10.8. The fourth-order valence-corrected chi connectivity index (χ4v) is 0.648. The van der Waals surface area contributed by atoms with Crippen LogP contribution in [-0.2, 0) is 9.59 Å². The van der Waals surface area contributed by atoms with E-state index in [9.17, 15) is 9.59 Å². The van der Waals surface area contributed by atoms with Crippen LogP contribution in [0.3, 0.4) is 0 Å². The molecule has 4 heteroatoms. The summed E-state index contributed by atoms with van der Waals surface area (Å²) >= 11 is 0. The number of rotatable bonds is 4. The molecule has 0 rings (SSSR count). The smallest absolute Gasteiger partial charge is 0.220 e. The lowest BCUT2D eigenvalue weighted by molar-refractivity contribution is -0.127. The van der Waals surface area contributed by atoms with Crippen molar-refractivity contribution in [2.45, 2.75) is 20.3 Å². The third kappa shape index (κ3) is 4.36. The Morgan fingerprint density at radius 2 is 2.09 bits per heavy atom. The monoisotopic (exact) mass is 158 g/mol. The number of hydrogen-bond donors (Lipinski definition) is 2. The molecule has 0 radical (unpaired) electrons. The van der Waals surface area contributed by atoms with E-state index in [0.717, 1.165) is 0 Å². The largest absolute Gasteiger partial charge is 0.369 e. The van der Waals surface area contributed by atoms with Gasteiger partial charge in [0.05, 0.1) is 0 Å². The van der Waals surface area contributed by atoms with Crippen LogP contribution < -0.4 is 11.1 Å². The molecule has 1 atom stereocenters. The van der Waals surface area contributed by atoms with Crippen molar-refractivity contribution in [3.8, 4) is 0 Å². The van der Waals surface area contributed by atoms with Gasteiger partial charge >= 0.3 is 0 Å². The first-order valence-electron chi connectivity index (χ1n) is 3.64. The topological polar surface area (TPSA) is 72.2 Å². The Labute approximate surface area is 66.1 Å². The number of primary amides is 1. The van der Waals surface area contributed by atoms with Gasteiger partial charge in [-0.1, -0.05) is 6.92 Å². The summed E-state index contributed by atoms with van der Waals surface area (Å²) in [5, 5.41) is 2.58. The highest BCUT2D eigenvalue weighted by Gasteiger charge is 2.12. The summed E-state index contributed by atoms with van der Waals surface area (Å²) in [6.45, 7) is 4.05. The van der Waals surface area contributed by atoms with Gasteiger partial charge in [-0.05, 0) is 6.92 Å². The molecule has 0 aliphatic rings.